The van der Waals surface area contributed by atoms with E-state index >= 15 is 0 Å². The Balaban J connectivity index is 0.000000299. The number of nitrogens with zero attached hydrogens (tertiary/aromatic N) is 1. The van der Waals surface area contributed by atoms with E-state index in [0.29, 0.717) is 5.92 Å². The van der Waals surface area contributed by atoms with Crippen LogP contribution in [0.4, 0.5) is 0 Å². The molecule has 0 aliphatic rings. The summed E-state index contributed by atoms with van der Waals surface area (Å²) < 4.78 is 8.83. The minimum absolute atomic E-state index is 0. The number of aromatic nitrogens is 1. The molecule has 1 radical (unpaired) electrons. The quantitative estimate of drug-likeness (QED) is 0.0845. The van der Waals surface area contributed by atoms with Gasteiger partial charge in [0.2, 0.25) is 0 Å². The van der Waals surface area contributed by atoms with E-state index in [-0.39, 0.29) is 47.9 Å². The van der Waals surface area contributed by atoms with Crippen molar-refractivity contribution in [3.63, 3.8) is 0 Å². The van der Waals surface area contributed by atoms with E-state index in [0.717, 1.165) is 60.1 Å². The zero-order chi connectivity index (χ0) is 38.2. The van der Waals surface area contributed by atoms with Gasteiger partial charge in [-0.25, -0.2) is 0 Å². The van der Waals surface area contributed by atoms with Crippen LogP contribution in [-0.2, 0) is 36.7 Å². The fourth-order valence-corrected chi connectivity index (χ4v) is 8.21. The Bertz CT molecular complexity index is 2260. The zero-order valence-corrected chi connectivity index (χ0v) is 37.1. The molecule has 6 aromatic rings. The van der Waals surface area contributed by atoms with Crippen molar-refractivity contribution in [3.05, 3.63) is 89.5 Å². The summed E-state index contributed by atoms with van der Waals surface area (Å²) >= 11 is 1.82. The Morgan fingerprint density at radius 3 is 2.15 bits per heavy atom. The van der Waals surface area contributed by atoms with Crippen LogP contribution in [0.5, 0.6) is 0 Å². The van der Waals surface area contributed by atoms with Gasteiger partial charge >= 0.3 is 0 Å². The number of thiophene rings is 1. The van der Waals surface area contributed by atoms with Gasteiger partial charge in [0.25, 0.3) is 0 Å². The fraction of sp³-hybridized carbons (Fsp3) is 0.447. The number of rotatable bonds is 10. The summed E-state index contributed by atoms with van der Waals surface area (Å²) in [4.78, 5) is 17.1. The van der Waals surface area contributed by atoms with E-state index in [1.165, 1.54) is 48.1 Å². The normalized spacial score (nSPS) is 12.8. The van der Waals surface area contributed by atoms with Crippen LogP contribution in [0.1, 0.15) is 119 Å². The number of aliphatic hydroxyl groups excluding tert-OH is 1. The van der Waals surface area contributed by atoms with E-state index in [2.05, 4.69) is 96.1 Å². The largest absolute Gasteiger partial charge is 0.512 e. The molecule has 6 heteroatoms. The number of aliphatic hydroxyl groups is 1. The second-order valence-corrected chi connectivity index (χ2v) is 17.6. The van der Waals surface area contributed by atoms with Gasteiger partial charge in [0.05, 0.1) is 0 Å². The van der Waals surface area contributed by atoms with Crippen LogP contribution in [0.2, 0.25) is 0 Å². The fourth-order valence-electron chi connectivity index (χ4n) is 7.00. The summed E-state index contributed by atoms with van der Waals surface area (Å²) in [5.74, 6) is 1.95. The molecular weight excluding hydrogens is 851 g/mol. The number of carbonyl (C=O) groups excluding carboxylic acids is 1. The summed E-state index contributed by atoms with van der Waals surface area (Å²) in [5.41, 5.74) is 5.07. The summed E-state index contributed by atoms with van der Waals surface area (Å²) in [5, 5.41) is 16.3. The van der Waals surface area contributed by atoms with Crippen molar-refractivity contribution >= 4 is 59.0 Å². The van der Waals surface area contributed by atoms with Crippen LogP contribution < -0.4 is 0 Å². The Kier molecular flexibility index (Phi) is 13.3. The Hall–Kier alpha value is -3.31. The van der Waals surface area contributed by atoms with Crippen LogP contribution in [0.15, 0.2) is 71.0 Å². The van der Waals surface area contributed by atoms with Gasteiger partial charge in [-0.15, -0.1) is 40.5 Å². The average Bonchev–Trinajstić information content (AvgIpc) is 3.66. The second-order valence-electron chi connectivity index (χ2n) is 16.5. The number of allylic oxidation sites excluding steroid dienone is 2. The predicted octanol–water partition coefficient (Wildman–Crippen LogP) is 14.3. The van der Waals surface area contributed by atoms with Crippen LogP contribution in [0.25, 0.3) is 53.2 Å². The van der Waals surface area contributed by atoms with Gasteiger partial charge in [-0.05, 0) is 73.1 Å². The van der Waals surface area contributed by atoms with Crippen molar-refractivity contribution in [1.29, 1.82) is 0 Å². The van der Waals surface area contributed by atoms with Gasteiger partial charge in [-0.3, -0.25) is 9.78 Å². The van der Waals surface area contributed by atoms with E-state index < -0.39 is 0 Å². The van der Waals surface area contributed by atoms with Crippen molar-refractivity contribution in [2.24, 2.45) is 16.7 Å². The van der Waals surface area contributed by atoms with Gasteiger partial charge in [0.15, 0.2) is 5.78 Å². The first-order valence-electron chi connectivity index (χ1n) is 19.1. The number of fused-ring (bicyclic) bond motifs is 6. The number of pyridine rings is 1. The van der Waals surface area contributed by atoms with Crippen molar-refractivity contribution in [2.45, 2.75) is 121 Å². The molecule has 0 spiro atoms. The SMILES string of the molecule is CCC(C)(CC)C(=O)/C=C(\O)C(C)(CC)CC.Cc1c(CC(C)C)oc2ccc3sc4c(-c5[c-]c6ccccc6c(C(C)(C)C)c5)nccc4c3c12.[Ir]. The first kappa shape index (κ1) is 42.4. The Morgan fingerprint density at radius 2 is 1.55 bits per heavy atom. The molecule has 0 bridgehead atoms. The van der Waals surface area contributed by atoms with E-state index in [1.807, 2.05) is 59.1 Å². The van der Waals surface area contributed by atoms with Crippen molar-refractivity contribution in [1.82, 2.24) is 4.98 Å². The molecule has 3 heterocycles. The predicted molar refractivity (Wildman–Crippen MR) is 224 cm³/mol. The molecule has 4 nitrogen and oxygen atoms in total. The maximum atomic E-state index is 12.2. The molecule has 285 valence electrons. The van der Waals surface area contributed by atoms with Crippen LogP contribution in [0.3, 0.4) is 0 Å². The summed E-state index contributed by atoms with van der Waals surface area (Å²) in [7, 11) is 0. The van der Waals surface area contributed by atoms with Gasteiger partial charge in [-0.2, -0.15) is 0 Å². The summed E-state index contributed by atoms with van der Waals surface area (Å²) in [6.45, 7) is 25.6. The number of hydrogen-bond acceptors (Lipinski definition) is 5. The van der Waals surface area contributed by atoms with Crippen molar-refractivity contribution in [2.75, 3.05) is 0 Å². The van der Waals surface area contributed by atoms with Crippen molar-refractivity contribution < 1.29 is 34.4 Å². The van der Waals surface area contributed by atoms with E-state index in [9.17, 15) is 9.90 Å². The summed E-state index contributed by atoms with van der Waals surface area (Å²) in [6, 6.07) is 21.1. The number of aryl methyl sites for hydroxylation is 1. The first-order chi connectivity index (χ1) is 24.5. The van der Waals surface area contributed by atoms with Crippen LogP contribution in [-0.4, -0.2) is 15.9 Å². The van der Waals surface area contributed by atoms with Gasteiger partial charge < -0.3 is 9.52 Å². The standard InChI is InChI=1S/C32H30NOS.C15H28O2.Ir/c1-18(2)15-26-19(3)28-25(34-26)11-12-27-29(28)23-13-14-33-30(31(23)35-27)21-16-20-9-7-8-10-22(20)24(17-21)32(4,5)6;1-7-14(5,8-2)12(16)11-13(17)15(6,9-3)10-4;/h7-14,17-18H,15H2,1-6H3;11,16H,7-10H2,1-6H3;/q-1;;/b;12-11-;. The maximum absolute atomic E-state index is 12.2. The third kappa shape index (κ3) is 8.36. The molecule has 0 aliphatic carbocycles. The molecule has 1 N–H and O–H groups in total. The number of hydrogen-bond donors (Lipinski definition) is 1. The molecule has 0 amide bonds. The van der Waals surface area contributed by atoms with Crippen LogP contribution in [0, 0.1) is 29.7 Å². The third-order valence-electron chi connectivity index (χ3n) is 11.6. The monoisotopic (exact) mass is 909 g/mol. The van der Waals surface area contributed by atoms with E-state index in [4.69, 9.17) is 9.40 Å². The van der Waals surface area contributed by atoms with Gasteiger partial charge in [0, 0.05) is 75.5 Å². The molecule has 0 fully saturated rings. The minimum atomic E-state index is -0.337. The Labute approximate surface area is 334 Å². The number of furan rings is 1. The summed E-state index contributed by atoms with van der Waals surface area (Å²) in [6.07, 6.45) is 7.66. The molecule has 0 unspecified atom stereocenters. The zero-order valence-electron chi connectivity index (χ0n) is 33.8. The number of benzene rings is 3. The second kappa shape index (κ2) is 16.6. The molecule has 6 rings (SSSR count). The third-order valence-corrected chi connectivity index (χ3v) is 12.8. The number of ketones is 1. The number of carbonyl (C=O) groups is 1. The van der Waals surface area contributed by atoms with Gasteiger partial charge in [0.1, 0.15) is 17.1 Å². The average molecular weight is 909 g/mol. The minimum Gasteiger partial charge on any atom is -0.512 e. The first-order valence-corrected chi connectivity index (χ1v) is 20.0. The van der Waals surface area contributed by atoms with E-state index in [1.54, 1.807) is 0 Å². The molecule has 0 saturated carbocycles. The molecule has 0 aliphatic heterocycles. The molecular formula is C47H58IrNO3S-. The molecule has 0 saturated heterocycles. The maximum Gasteiger partial charge on any atom is 0.164 e. The van der Waals surface area contributed by atoms with Gasteiger partial charge in [-0.1, -0.05) is 105 Å². The van der Waals surface area contributed by atoms with Crippen LogP contribution >= 0.6 is 11.3 Å². The van der Waals surface area contributed by atoms with Crippen molar-refractivity contribution in [3.8, 4) is 11.3 Å². The molecule has 53 heavy (non-hydrogen) atoms. The molecule has 3 aromatic carbocycles. The molecule has 0 atom stereocenters. The smallest absolute Gasteiger partial charge is 0.164 e. The topological polar surface area (TPSA) is 63.3 Å². The molecule has 3 aromatic heterocycles. The Morgan fingerprint density at radius 1 is 0.906 bits per heavy atom.